The van der Waals surface area contributed by atoms with Crippen LogP contribution in [-0.2, 0) is 11.3 Å². The lowest BCUT2D eigenvalue weighted by molar-refractivity contribution is -0.132. The van der Waals surface area contributed by atoms with Gasteiger partial charge >= 0.3 is 0 Å². The monoisotopic (exact) mass is 260 g/mol. The normalized spacial score (nSPS) is 16.5. The molecule has 2 rings (SSSR count). The summed E-state index contributed by atoms with van der Waals surface area (Å²) >= 11 is 0. The molecule has 104 valence electrons. The Balaban J connectivity index is 2.14. The summed E-state index contributed by atoms with van der Waals surface area (Å²) in [4.78, 5) is 13.9. The second kappa shape index (κ2) is 4.97. The van der Waals surface area contributed by atoms with E-state index in [1.54, 1.807) is 4.90 Å². The zero-order chi connectivity index (χ0) is 14.2. The van der Waals surface area contributed by atoms with Crippen LogP contribution in [-0.4, -0.2) is 23.4 Å². The van der Waals surface area contributed by atoms with Gasteiger partial charge in [0.2, 0.25) is 5.91 Å². The molecule has 3 nitrogen and oxygen atoms in total. The van der Waals surface area contributed by atoms with E-state index in [1.807, 2.05) is 7.05 Å². The first kappa shape index (κ1) is 14.1. The summed E-state index contributed by atoms with van der Waals surface area (Å²) in [6, 6.07) is 6.51. The molecule has 1 amide bonds. The zero-order valence-electron chi connectivity index (χ0n) is 12.4. The molecule has 0 heterocycles. The van der Waals surface area contributed by atoms with Gasteiger partial charge in [0.1, 0.15) is 0 Å². The molecular weight excluding hydrogens is 236 g/mol. The quantitative estimate of drug-likeness (QED) is 0.904. The molecule has 0 unspecified atom stereocenters. The van der Waals surface area contributed by atoms with E-state index >= 15 is 0 Å². The van der Waals surface area contributed by atoms with Crippen LogP contribution in [0.15, 0.2) is 18.2 Å². The lowest BCUT2D eigenvalue weighted by Gasteiger charge is -2.22. The predicted octanol–water partition coefficient (Wildman–Crippen LogP) is 2.57. The van der Waals surface area contributed by atoms with Gasteiger partial charge in [-0.05, 0) is 42.4 Å². The van der Waals surface area contributed by atoms with Crippen molar-refractivity contribution in [2.45, 2.75) is 51.6 Å². The van der Waals surface area contributed by atoms with Crippen LogP contribution in [0.25, 0.3) is 0 Å². The summed E-state index contributed by atoms with van der Waals surface area (Å²) in [5.41, 5.74) is 9.16. The number of benzene rings is 1. The number of carbonyl (C=O) groups is 1. The van der Waals surface area contributed by atoms with Crippen molar-refractivity contribution < 1.29 is 4.79 Å². The first-order valence-corrected chi connectivity index (χ1v) is 6.97. The SMILES string of the molecule is Cc1ccc(C(C)C)cc1CN(C)C(=O)C1(N)CC1. The van der Waals surface area contributed by atoms with Gasteiger partial charge in [-0.1, -0.05) is 32.0 Å². The van der Waals surface area contributed by atoms with Gasteiger partial charge in [-0.25, -0.2) is 0 Å². The van der Waals surface area contributed by atoms with Gasteiger partial charge in [-0.2, -0.15) is 0 Å². The smallest absolute Gasteiger partial charge is 0.242 e. The van der Waals surface area contributed by atoms with Gasteiger partial charge in [-0.15, -0.1) is 0 Å². The van der Waals surface area contributed by atoms with Crippen molar-refractivity contribution in [2.24, 2.45) is 5.73 Å². The molecule has 0 spiro atoms. The fourth-order valence-corrected chi connectivity index (χ4v) is 2.28. The molecule has 0 bridgehead atoms. The molecule has 1 aromatic rings. The third-order valence-corrected chi connectivity index (χ3v) is 4.01. The number of rotatable bonds is 4. The molecule has 1 aromatic carbocycles. The number of nitrogens with two attached hydrogens (primary N) is 1. The first-order chi connectivity index (χ1) is 8.83. The maximum absolute atomic E-state index is 12.2. The maximum Gasteiger partial charge on any atom is 0.242 e. The minimum atomic E-state index is -0.571. The third kappa shape index (κ3) is 2.98. The number of amides is 1. The van der Waals surface area contributed by atoms with Gasteiger partial charge in [0.25, 0.3) is 0 Å². The summed E-state index contributed by atoms with van der Waals surface area (Å²) < 4.78 is 0. The number of hydrogen-bond donors (Lipinski definition) is 1. The number of carbonyl (C=O) groups excluding carboxylic acids is 1. The fourth-order valence-electron chi connectivity index (χ4n) is 2.28. The van der Waals surface area contributed by atoms with Gasteiger partial charge in [0.15, 0.2) is 0 Å². The Morgan fingerprint density at radius 3 is 2.58 bits per heavy atom. The van der Waals surface area contributed by atoms with Crippen LogP contribution in [0.2, 0.25) is 0 Å². The molecular formula is C16H24N2O. The Kier molecular flexibility index (Phi) is 3.68. The summed E-state index contributed by atoms with van der Waals surface area (Å²) in [6.45, 7) is 7.10. The van der Waals surface area contributed by atoms with E-state index in [4.69, 9.17) is 5.73 Å². The lowest BCUT2D eigenvalue weighted by Crippen LogP contribution is -2.43. The van der Waals surface area contributed by atoms with Crippen LogP contribution >= 0.6 is 0 Å². The molecule has 1 aliphatic carbocycles. The average molecular weight is 260 g/mol. The second-order valence-corrected chi connectivity index (χ2v) is 6.16. The Hall–Kier alpha value is -1.35. The van der Waals surface area contributed by atoms with Crippen LogP contribution in [0.3, 0.4) is 0 Å². The predicted molar refractivity (Wildman–Crippen MR) is 77.9 cm³/mol. The molecule has 19 heavy (non-hydrogen) atoms. The molecule has 0 aliphatic heterocycles. The topological polar surface area (TPSA) is 46.3 Å². The molecule has 1 aliphatic rings. The van der Waals surface area contributed by atoms with Gasteiger partial charge in [0, 0.05) is 13.6 Å². The van der Waals surface area contributed by atoms with Crippen LogP contribution < -0.4 is 5.73 Å². The highest BCUT2D eigenvalue weighted by molar-refractivity contribution is 5.88. The van der Waals surface area contributed by atoms with E-state index in [0.29, 0.717) is 12.5 Å². The highest BCUT2D eigenvalue weighted by Crippen LogP contribution is 2.34. The van der Waals surface area contributed by atoms with Gasteiger partial charge in [-0.3, -0.25) is 4.79 Å². The van der Waals surface area contributed by atoms with Crippen LogP contribution in [0, 0.1) is 6.92 Å². The van der Waals surface area contributed by atoms with E-state index in [-0.39, 0.29) is 5.91 Å². The minimum absolute atomic E-state index is 0.0712. The van der Waals surface area contributed by atoms with Crippen molar-refractivity contribution in [1.29, 1.82) is 0 Å². The second-order valence-electron chi connectivity index (χ2n) is 6.16. The van der Waals surface area contributed by atoms with E-state index < -0.39 is 5.54 Å². The van der Waals surface area contributed by atoms with Crippen molar-refractivity contribution in [3.05, 3.63) is 34.9 Å². The van der Waals surface area contributed by atoms with E-state index in [9.17, 15) is 4.79 Å². The Morgan fingerprint density at radius 1 is 1.42 bits per heavy atom. The summed E-state index contributed by atoms with van der Waals surface area (Å²) in [5.74, 6) is 0.575. The van der Waals surface area contributed by atoms with E-state index in [1.165, 1.54) is 16.7 Å². The zero-order valence-corrected chi connectivity index (χ0v) is 12.4. The van der Waals surface area contributed by atoms with Crippen LogP contribution in [0.5, 0.6) is 0 Å². The van der Waals surface area contributed by atoms with Crippen molar-refractivity contribution >= 4 is 5.91 Å². The minimum Gasteiger partial charge on any atom is -0.340 e. The number of aryl methyl sites for hydroxylation is 1. The fraction of sp³-hybridized carbons (Fsp3) is 0.562. The largest absolute Gasteiger partial charge is 0.340 e. The lowest BCUT2D eigenvalue weighted by atomic mass is 9.97. The van der Waals surface area contributed by atoms with E-state index in [0.717, 1.165) is 12.8 Å². The Labute approximate surface area is 115 Å². The Bertz CT molecular complexity index is 490. The molecule has 1 fully saturated rings. The van der Waals surface area contributed by atoms with Crippen LogP contribution in [0.4, 0.5) is 0 Å². The van der Waals surface area contributed by atoms with Crippen molar-refractivity contribution in [3.63, 3.8) is 0 Å². The van der Waals surface area contributed by atoms with Gasteiger partial charge in [0.05, 0.1) is 5.54 Å². The standard InChI is InChI=1S/C16H24N2O/c1-11(2)13-6-5-12(3)14(9-13)10-18(4)15(19)16(17)7-8-16/h5-6,9,11H,7-8,10,17H2,1-4H3. The molecule has 0 atom stereocenters. The van der Waals surface area contributed by atoms with Crippen molar-refractivity contribution in [3.8, 4) is 0 Å². The van der Waals surface area contributed by atoms with Crippen LogP contribution in [0.1, 0.15) is 49.3 Å². The molecule has 0 aromatic heterocycles. The van der Waals surface area contributed by atoms with E-state index in [2.05, 4.69) is 39.0 Å². The van der Waals surface area contributed by atoms with Crippen molar-refractivity contribution in [1.82, 2.24) is 4.90 Å². The average Bonchev–Trinajstić information content (AvgIpc) is 3.10. The number of likely N-dealkylation sites (N-methyl/N-ethyl adjacent to an activating group) is 1. The Morgan fingerprint density at radius 2 is 2.05 bits per heavy atom. The first-order valence-electron chi connectivity index (χ1n) is 6.97. The highest BCUT2D eigenvalue weighted by Gasteiger charge is 2.47. The molecule has 0 radical (unpaired) electrons. The summed E-state index contributed by atoms with van der Waals surface area (Å²) in [5, 5.41) is 0. The molecule has 1 saturated carbocycles. The number of hydrogen-bond acceptors (Lipinski definition) is 2. The van der Waals surface area contributed by atoms with Gasteiger partial charge < -0.3 is 10.6 Å². The van der Waals surface area contributed by atoms with Crippen molar-refractivity contribution in [2.75, 3.05) is 7.05 Å². The highest BCUT2D eigenvalue weighted by atomic mass is 16.2. The molecule has 3 heteroatoms. The number of nitrogens with zero attached hydrogens (tertiary/aromatic N) is 1. The summed E-state index contributed by atoms with van der Waals surface area (Å²) in [6.07, 6.45) is 1.64. The summed E-state index contributed by atoms with van der Waals surface area (Å²) in [7, 11) is 1.84. The maximum atomic E-state index is 12.2. The third-order valence-electron chi connectivity index (χ3n) is 4.01. The molecule has 2 N–H and O–H groups in total. The molecule has 0 saturated heterocycles.